The van der Waals surface area contributed by atoms with Gasteiger partial charge in [0, 0.05) is 61.9 Å². The number of benzene rings is 2. The number of rotatable bonds is 7. The van der Waals surface area contributed by atoms with Gasteiger partial charge in [0.15, 0.2) is 5.43 Å². The van der Waals surface area contributed by atoms with Gasteiger partial charge in [0.05, 0.1) is 14.2 Å². The van der Waals surface area contributed by atoms with Crippen LogP contribution in [0.25, 0.3) is 0 Å². The molecule has 2 aromatic carbocycles. The van der Waals surface area contributed by atoms with Gasteiger partial charge in [0.1, 0.15) is 17.1 Å². The average Bonchev–Trinajstić information content (AvgIpc) is 2.88. The van der Waals surface area contributed by atoms with Crippen molar-refractivity contribution in [2.45, 2.75) is 26.8 Å². The van der Waals surface area contributed by atoms with E-state index in [0.717, 1.165) is 34.9 Å². The number of hydrogen-bond donors (Lipinski definition) is 0. The van der Waals surface area contributed by atoms with E-state index in [1.54, 1.807) is 25.2 Å². The molecule has 1 aliphatic rings. The van der Waals surface area contributed by atoms with Crippen LogP contribution in [0.5, 0.6) is 11.5 Å². The van der Waals surface area contributed by atoms with Gasteiger partial charge in [0.2, 0.25) is 0 Å². The average molecular weight is 476 g/mol. The van der Waals surface area contributed by atoms with Gasteiger partial charge >= 0.3 is 0 Å². The zero-order valence-electron chi connectivity index (χ0n) is 20.9. The Bertz CT molecular complexity index is 1260. The summed E-state index contributed by atoms with van der Waals surface area (Å²) in [5.41, 5.74) is 3.78. The summed E-state index contributed by atoms with van der Waals surface area (Å²) in [5, 5.41) is 0. The number of carbonyl (C=O) groups is 1. The maximum absolute atomic E-state index is 13.5. The Labute approximate surface area is 206 Å². The van der Waals surface area contributed by atoms with Crippen molar-refractivity contribution in [3.8, 4) is 11.5 Å². The quantitative estimate of drug-likeness (QED) is 0.522. The summed E-state index contributed by atoms with van der Waals surface area (Å²) < 4.78 is 12.9. The summed E-state index contributed by atoms with van der Waals surface area (Å²) in [4.78, 5) is 30.4. The number of amides is 1. The number of ether oxygens (including phenoxy) is 2. The van der Waals surface area contributed by atoms with Gasteiger partial charge in [-0.2, -0.15) is 0 Å². The van der Waals surface area contributed by atoms with Crippen LogP contribution in [0.1, 0.15) is 27.3 Å². The van der Waals surface area contributed by atoms with E-state index in [0.29, 0.717) is 38.4 Å². The van der Waals surface area contributed by atoms with Gasteiger partial charge in [-0.05, 0) is 44.0 Å². The molecule has 0 bridgehead atoms. The molecule has 0 saturated carbocycles. The predicted molar refractivity (Wildman–Crippen MR) is 138 cm³/mol. The molecule has 1 amide bonds. The topological polar surface area (TPSA) is 64.0 Å². The maximum Gasteiger partial charge on any atom is 0.259 e. The van der Waals surface area contributed by atoms with E-state index >= 15 is 0 Å². The van der Waals surface area contributed by atoms with Crippen LogP contribution in [0.3, 0.4) is 0 Å². The third kappa shape index (κ3) is 5.19. The number of aromatic nitrogens is 1. The van der Waals surface area contributed by atoms with E-state index < -0.39 is 0 Å². The lowest BCUT2D eigenvalue weighted by molar-refractivity contribution is 0.0743. The summed E-state index contributed by atoms with van der Waals surface area (Å²) >= 11 is 0. The van der Waals surface area contributed by atoms with Crippen LogP contribution in [0, 0.1) is 13.8 Å². The van der Waals surface area contributed by atoms with Crippen molar-refractivity contribution in [1.82, 2.24) is 9.47 Å². The molecule has 7 nitrogen and oxygen atoms in total. The molecule has 0 radical (unpaired) electrons. The minimum absolute atomic E-state index is 0.191. The molecule has 1 aliphatic heterocycles. The number of aryl methyl sites for hydroxylation is 2. The lowest BCUT2D eigenvalue weighted by Crippen LogP contribution is -2.50. The highest BCUT2D eigenvalue weighted by atomic mass is 16.5. The predicted octanol–water partition coefficient (Wildman–Crippen LogP) is 3.69. The van der Waals surface area contributed by atoms with E-state index in [1.165, 1.54) is 0 Å². The molecule has 7 heteroatoms. The van der Waals surface area contributed by atoms with Gasteiger partial charge in [-0.1, -0.05) is 24.3 Å². The number of carbonyl (C=O) groups excluding carboxylic acids is 1. The summed E-state index contributed by atoms with van der Waals surface area (Å²) in [5.74, 6) is 1.46. The first-order chi connectivity index (χ1) is 16.9. The molecule has 184 valence electrons. The number of anilines is 1. The van der Waals surface area contributed by atoms with Gasteiger partial charge < -0.3 is 23.8 Å². The fourth-order valence-corrected chi connectivity index (χ4v) is 4.80. The highest BCUT2D eigenvalue weighted by molar-refractivity contribution is 5.95. The van der Waals surface area contributed by atoms with E-state index in [1.807, 2.05) is 62.4 Å². The second-order valence-corrected chi connectivity index (χ2v) is 8.80. The van der Waals surface area contributed by atoms with Crippen molar-refractivity contribution in [3.05, 3.63) is 87.3 Å². The fraction of sp³-hybridized carbons (Fsp3) is 0.357. The molecule has 2 heterocycles. The molecule has 0 aliphatic carbocycles. The number of piperazine rings is 1. The molecule has 0 N–H and O–H groups in total. The molecule has 1 aromatic heterocycles. The SMILES string of the molecule is COc1cccc(N2CCN(C(=O)c3c(C)n(CCc4ccccc4OC)c(C)cc3=O)CC2)c1. The third-order valence-electron chi connectivity index (χ3n) is 6.78. The minimum atomic E-state index is -0.214. The van der Waals surface area contributed by atoms with Crippen LogP contribution in [-0.2, 0) is 13.0 Å². The summed E-state index contributed by atoms with van der Waals surface area (Å²) in [7, 11) is 3.32. The molecule has 3 aromatic rings. The fourth-order valence-electron chi connectivity index (χ4n) is 4.80. The van der Waals surface area contributed by atoms with E-state index in [4.69, 9.17) is 9.47 Å². The van der Waals surface area contributed by atoms with Crippen LogP contribution in [0.2, 0.25) is 0 Å². The second-order valence-electron chi connectivity index (χ2n) is 8.80. The van der Waals surface area contributed by atoms with Crippen LogP contribution < -0.4 is 19.8 Å². The van der Waals surface area contributed by atoms with Crippen LogP contribution in [0.4, 0.5) is 5.69 Å². The van der Waals surface area contributed by atoms with Crippen molar-refractivity contribution in [2.24, 2.45) is 0 Å². The first-order valence-electron chi connectivity index (χ1n) is 11.9. The Kier molecular flexibility index (Phi) is 7.44. The first kappa shape index (κ1) is 24.4. The number of pyridine rings is 1. The molecule has 0 unspecified atom stereocenters. The Hall–Kier alpha value is -3.74. The Balaban J connectivity index is 1.50. The van der Waals surface area contributed by atoms with Crippen LogP contribution >= 0.6 is 0 Å². The van der Waals surface area contributed by atoms with E-state index in [-0.39, 0.29) is 16.9 Å². The lowest BCUT2D eigenvalue weighted by atomic mass is 10.1. The highest BCUT2D eigenvalue weighted by Gasteiger charge is 2.26. The first-order valence-corrected chi connectivity index (χ1v) is 11.9. The minimum Gasteiger partial charge on any atom is -0.497 e. The monoisotopic (exact) mass is 475 g/mol. The molecule has 0 atom stereocenters. The number of methoxy groups -OCH3 is 2. The smallest absolute Gasteiger partial charge is 0.259 e. The molecule has 1 fully saturated rings. The van der Waals surface area contributed by atoms with Crippen LogP contribution in [-0.4, -0.2) is 55.8 Å². The molecule has 1 saturated heterocycles. The molecular formula is C28H33N3O4. The molecule has 0 spiro atoms. The molecule has 35 heavy (non-hydrogen) atoms. The summed E-state index contributed by atoms with van der Waals surface area (Å²) in [6.07, 6.45) is 0.738. The number of nitrogens with zero attached hydrogens (tertiary/aromatic N) is 3. The van der Waals surface area contributed by atoms with Gasteiger partial charge in [-0.25, -0.2) is 0 Å². The van der Waals surface area contributed by atoms with Crippen LogP contribution in [0.15, 0.2) is 59.4 Å². The normalized spacial score (nSPS) is 13.6. The highest BCUT2D eigenvalue weighted by Crippen LogP contribution is 2.23. The zero-order chi connectivity index (χ0) is 24.9. The maximum atomic E-state index is 13.5. The Morgan fingerprint density at radius 3 is 2.37 bits per heavy atom. The van der Waals surface area contributed by atoms with Gasteiger partial charge in [-0.15, -0.1) is 0 Å². The lowest BCUT2D eigenvalue weighted by Gasteiger charge is -2.36. The number of para-hydroxylation sites is 1. The van der Waals surface area contributed by atoms with E-state index in [2.05, 4.69) is 9.47 Å². The van der Waals surface area contributed by atoms with Gasteiger partial charge in [-0.3, -0.25) is 9.59 Å². The van der Waals surface area contributed by atoms with Crippen molar-refractivity contribution in [3.63, 3.8) is 0 Å². The standard InChI is InChI=1S/C28H33N3O4/c1-20-18-25(32)27(21(2)31(20)13-12-22-8-5-6-11-26(22)35-4)28(33)30-16-14-29(15-17-30)23-9-7-10-24(19-23)34-3/h5-11,18-19H,12-17H2,1-4H3. The van der Waals surface area contributed by atoms with Crippen molar-refractivity contribution >= 4 is 11.6 Å². The van der Waals surface area contributed by atoms with Gasteiger partial charge in [0.25, 0.3) is 5.91 Å². The van der Waals surface area contributed by atoms with Crippen molar-refractivity contribution < 1.29 is 14.3 Å². The third-order valence-corrected chi connectivity index (χ3v) is 6.78. The molecular weight excluding hydrogens is 442 g/mol. The van der Waals surface area contributed by atoms with Crippen molar-refractivity contribution in [1.29, 1.82) is 0 Å². The van der Waals surface area contributed by atoms with E-state index in [9.17, 15) is 9.59 Å². The molecule has 4 rings (SSSR count). The largest absolute Gasteiger partial charge is 0.497 e. The Morgan fingerprint density at radius 2 is 1.66 bits per heavy atom. The van der Waals surface area contributed by atoms with Crippen molar-refractivity contribution in [2.75, 3.05) is 45.3 Å². The zero-order valence-corrected chi connectivity index (χ0v) is 20.9. The second kappa shape index (κ2) is 10.7. The number of hydrogen-bond acceptors (Lipinski definition) is 5. The Morgan fingerprint density at radius 1 is 0.914 bits per heavy atom. The summed E-state index contributed by atoms with van der Waals surface area (Å²) in [6, 6.07) is 17.4. The summed E-state index contributed by atoms with van der Waals surface area (Å²) in [6.45, 7) is 6.96.